The zero-order valence-electron chi connectivity index (χ0n) is 11.8. The summed E-state index contributed by atoms with van der Waals surface area (Å²) in [5.41, 5.74) is -0.633. The van der Waals surface area contributed by atoms with Gasteiger partial charge in [0.1, 0.15) is 5.54 Å². The van der Waals surface area contributed by atoms with Crippen molar-refractivity contribution < 1.29 is 4.79 Å². The Labute approximate surface area is 129 Å². The van der Waals surface area contributed by atoms with Crippen molar-refractivity contribution >= 4 is 24.1 Å². The number of aromatic nitrogens is 4. The largest absolute Gasteiger partial charge is 0.317 e. The highest BCUT2D eigenvalue weighted by Gasteiger charge is 2.42. The maximum Gasteiger partial charge on any atom is 0.253 e. The molecule has 2 aromatic heterocycles. The van der Waals surface area contributed by atoms with Gasteiger partial charge in [-0.3, -0.25) is 14.2 Å². The van der Waals surface area contributed by atoms with E-state index in [1.807, 2.05) is 19.3 Å². The van der Waals surface area contributed by atoms with Crippen LogP contribution in [-0.4, -0.2) is 38.6 Å². The van der Waals surface area contributed by atoms with Gasteiger partial charge in [0.25, 0.3) is 5.91 Å². The third kappa shape index (κ3) is 2.93. The quantitative estimate of drug-likeness (QED) is 0.877. The van der Waals surface area contributed by atoms with E-state index in [0.717, 1.165) is 13.1 Å². The highest BCUT2D eigenvalue weighted by Crippen LogP contribution is 2.28. The zero-order chi connectivity index (χ0) is 14.0. The average molecular weight is 311 g/mol. The van der Waals surface area contributed by atoms with Crippen molar-refractivity contribution in [1.82, 2.24) is 24.9 Å². The first-order chi connectivity index (χ1) is 9.71. The Bertz CT molecular complexity index is 588. The first kappa shape index (κ1) is 15.5. The van der Waals surface area contributed by atoms with Gasteiger partial charge in [0.05, 0.1) is 0 Å². The van der Waals surface area contributed by atoms with Gasteiger partial charge in [-0.25, -0.2) is 0 Å². The Kier molecular flexibility index (Phi) is 4.64. The highest BCUT2D eigenvalue weighted by molar-refractivity contribution is 5.96. The van der Waals surface area contributed by atoms with Gasteiger partial charge in [-0.05, 0) is 32.0 Å². The average Bonchev–Trinajstić information content (AvgIpc) is 3.11. The van der Waals surface area contributed by atoms with Gasteiger partial charge in [0.15, 0.2) is 5.82 Å². The monoisotopic (exact) mass is 310 g/mol. The third-order valence-electron chi connectivity index (χ3n) is 3.75. The number of hydrogen-bond donors (Lipinski definition) is 2. The van der Waals surface area contributed by atoms with Gasteiger partial charge in [0.2, 0.25) is 0 Å². The normalized spacial score (nSPS) is 17.0. The maximum absolute atomic E-state index is 12.7. The van der Waals surface area contributed by atoms with Crippen LogP contribution in [-0.2, 0) is 17.4 Å². The van der Waals surface area contributed by atoms with E-state index >= 15 is 0 Å². The summed E-state index contributed by atoms with van der Waals surface area (Å²) in [5, 5.41) is 14.7. The van der Waals surface area contributed by atoms with Crippen molar-refractivity contribution in [2.45, 2.75) is 18.4 Å². The molecule has 0 atom stereocenters. The van der Waals surface area contributed by atoms with E-state index in [1.54, 1.807) is 27.8 Å². The number of carbonyl (C=O) groups is 1. The van der Waals surface area contributed by atoms with Crippen LogP contribution >= 0.6 is 12.4 Å². The number of carbonyl (C=O) groups excluding carboxylic acids is 1. The van der Waals surface area contributed by atoms with E-state index in [1.165, 1.54) is 0 Å². The Morgan fingerprint density at radius 2 is 2.14 bits per heavy atom. The molecule has 0 aliphatic carbocycles. The van der Waals surface area contributed by atoms with Crippen LogP contribution in [0, 0.1) is 0 Å². The van der Waals surface area contributed by atoms with E-state index in [-0.39, 0.29) is 18.3 Å². The minimum absolute atomic E-state index is 0. The number of piperidine rings is 1. The van der Waals surface area contributed by atoms with E-state index in [4.69, 9.17) is 0 Å². The summed E-state index contributed by atoms with van der Waals surface area (Å²) in [6.07, 6.45) is 6.79. The Morgan fingerprint density at radius 1 is 1.38 bits per heavy atom. The molecule has 3 rings (SSSR count). The summed E-state index contributed by atoms with van der Waals surface area (Å²) in [6, 6.07) is 3.63. The molecule has 1 amide bonds. The summed E-state index contributed by atoms with van der Waals surface area (Å²) in [7, 11) is 1.82. The number of aryl methyl sites for hydroxylation is 1. The SMILES string of the molecule is Cl.Cn1ccc(NC(=O)C2(n3cccn3)CCNCC2)n1. The molecule has 2 N–H and O–H groups in total. The van der Waals surface area contributed by atoms with Gasteiger partial charge in [-0.15, -0.1) is 12.4 Å². The van der Waals surface area contributed by atoms with Crippen molar-refractivity contribution in [1.29, 1.82) is 0 Å². The Balaban J connectivity index is 0.00000161. The van der Waals surface area contributed by atoms with Gasteiger partial charge in [0, 0.05) is 31.7 Å². The molecule has 1 aliphatic heterocycles. The van der Waals surface area contributed by atoms with Crippen molar-refractivity contribution in [3.05, 3.63) is 30.7 Å². The fourth-order valence-corrected chi connectivity index (χ4v) is 2.64. The number of amides is 1. The number of rotatable bonds is 3. The molecular weight excluding hydrogens is 292 g/mol. The number of halogens is 1. The molecule has 7 nitrogen and oxygen atoms in total. The minimum Gasteiger partial charge on any atom is -0.317 e. The van der Waals surface area contributed by atoms with Crippen molar-refractivity contribution in [3.8, 4) is 0 Å². The molecular formula is C13H19ClN6O. The Morgan fingerprint density at radius 3 is 2.71 bits per heavy atom. The van der Waals surface area contributed by atoms with E-state index in [9.17, 15) is 4.79 Å². The summed E-state index contributed by atoms with van der Waals surface area (Å²) in [4.78, 5) is 12.7. The Hall–Kier alpha value is -1.86. The van der Waals surface area contributed by atoms with Crippen LogP contribution in [0.5, 0.6) is 0 Å². The van der Waals surface area contributed by atoms with Crippen molar-refractivity contribution in [2.75, 3.05) is 18.4 Å². The predicted molar refractivity (Wildman–Crippen MR) is 81.4 cm³/mol. The van der Waals surface area contributed by atoms with E-state index < -0.39 is 5.54 Å². The molecule has 0 radical (unpaired) electrons. The highest BCUT2D eigenvalue weighted by atomic mass is 35.5. The van der Waals surface area contributed by atoms with Crippen molar-refractivity contribution in [2.24, 2.45) is 7.05 Å². The summed E-state index contributed by atoms with van der Waals surface area (Å²) < 4.78 is 3.44. The van der Waals surface area contributed by atoms with E-state index in [0.29, 0.717) is 18.7 Å². The van der Waals surface area contributed by atoms with Crippen LogP contribution in [0.1, 0.15) is 12.8 Å². The summed E-state index contributed by atoms with van der Waals surface area (Å²) >= 11 is 0. The van der Waals surface area contributed by atoms with Crippen LogP contribution < -0.4 is 10.6 Å². The van der Waals surface area contributed by atoms with Crippen molar-refractivity contribution in [3.63, 3.8) is 0 Å². The maximum atomic E-state index is 12.7. The molecule has 8 heteroatoms. The van der Waals surface area contributed by atoms with Crippen LogP contribution in [0.15, 0.2) is 30.7 Å². The number of anilines is 1. The molecule has 0 aromatic carbocycles. The predicted octanol–water partition coefficient (Wildman–Crippen LogP) is 0.756. The minimum atomic E-state index is -0.633. The molecule has 0 unspecified atom stereocenters. The van der Waals surface area contributed by atoms with Gasteiger partial charge in [-0.2, -0.15) is 10.2 Å². The molecule has 0 saturated carbocycles. The second-order valence-electron chi connectivity index (χ2n) is 5.06. The molecule has 0 spiro atoms. The summed E-state index contributed by atoms with van der Waals surface area (Å²) in [5.74, 6) is 0.518. The molecule has 1 fully saturated rings. The fourth-order valence-electron chi connectivity index (χ4n) is 2.64. The van der Waals surface area contributed by atoms with Crippen LogP contribution in [0.2, 0.25) is 0 Å². The van der Waals surface area contributed by atoms with Gasteiger partial charge >= 0.3 is 0 Å². The fraction of sp³-hybridized carbons (Fsp3) is 0.462. The van der Waals surface area contributed by atoms with Crippen LogP contribution in [0.3, 0.4) is 0 Å². The molecule has 1 aliphatic rings. The second kappa shape index (κ2) is 6.28. The molecule has 114 valence electrons. The molecule has 0 bridgehead atoms. The smallest absolute Gasteiger partial charge is 0.253 e. The van der Waals surface area contributed by atoms with Gasteiger partial charge < -0.3 is 10.6 Å². The lowest BCUT2D eigenvalue weighted by molar-refractivity contribution is -0.126. The second-order valence-corrected chi connectivity index (χ2v) is 5.06. The molecule has 2 aromatic rings. The standard InChI is InChI=1S/C13H18N6O.ClH/c1-18-10-3-11(17-18)16-12(20)13(4-7-14-8-5-13)19-9-2-6-15-19;/h2-3,6,9-10,14H,4-5,7-8H2,1H3,(H,16,17,20);1H. The first-order valence-electron chi connectivity index (χ1n) is 6.73. The first-order valence-corrected chi connectivity index (χ1v) is 6.73. The van der Waals surface area contributed by atoms with E-state index in [2.05, 4.69) is 20.8 Å². The van der Waals surface area contributed by atoms with Crippen LogP contribution in [0.25, 0.3) is 0 Å². The molecule has 1 saturated heterocycles. The molecule has 3 heterocycles. The van der Waals surface area contributed by atoms with Crippen LogP contribution in [0.4, 0.5) is 5.82 Å². The lowest BCUT2D eigenvalue weighted by Crippen LogP contribution is -2.52. The number of nitrogens with one attached hydrogen (secondary N) is 2. The topological polar surface area (TPSA) is 76.8 Å². The lowest BCUT2D eigenvalue weighted by Gasteiger charge is -2.36. The lowest BCUT2D eigenvalue weighted by atomic mass is 9.87. The molecule has 21 heavy (non-hydrogen) atoms. The van der Waals surface area contributed by atoms with Gasteiger partial charge in [-0.1, -0.05) is 0 Å². The third-order valence-corrected chi connectivity index (χ3v) is 3.75. The number of nitrogens with zero attached hydrogens (tertiary/aromatic N) is 4. The zero-order valence-corrected chi connectivity index (χ0v) is 12.6. The summed E-state index contributed by atoms with van der Waals surface area (Å²) in [6.45, 7) is 1.60. The number of hydrogen-bond acceptors (Lipinski definition) is 4.